The third kappa shape index (κ3) is 6.47. The molecule has 1 unspecified atom stereocenters. The van der Waals surface area contributed by atoms with Gasteiger partial charge in [0.1, 0.15) is 0 Å². The van der Waals surface area contributed by atoms with Crippen molar-refractivity contribution in [3.63, 3.8) is 0 Å². The first-order chi connectivity index (χ1) is 9.66. The monoisotopic (exact) mass is 316 g/mol. The second-order valence-electron chi connectivity index (χ2n) is 5.41. The van der Waals surface area contributed by atoms with E-state index >= 15 is 0 Å². The molecular formula is C17H26Cl2O. The van der Waals surface area contributed by atoms with Gasteiger partial charge in [-0.1, -0.05) is 87.6 Å². The third-order valence-electron chi connectivity index (χ3n) is 3.66. The summed E-state index contributed by atoms with van der Waals surface area (Å²) in [5.74, 6) is 0. The Bertz CT molecular complexity index is 359. The third-order valence-corrected chi connectivity index (χ3v) is 4.32. The molecule has 1 N–H and O–H groups in total. The van der Waals surface area contributed by atoms with E-state index in [9.17, 15) is 5.11 Å². The molecule has 0 saturated carbocycles. The molecular weight excluding hydrogens is 291 g/mol. The Kier molecular flexibility index (Phi) is 9.33. The van der Waals surface area contributed by atoms with E-state index in [-0.39, 0.29) is 0 Å². The molecule has 1 nitrogen and oxygen atoms in total. The molecule has 3 heteroatoms. The molecule has 0 spiro atoms. The van der Waals surface area contributed by atoms with Crippen LogP contribution < -0.4 is 0 Å². The Morgan fingerprint density at radius 2 is 1.40 bits per heavy atom. The number of rotatable bonds is 10. The molecule has 0 heterocycles. The molecule has 1 aromatic rings. The van der Waals surface area contributed by atoms with E-state index in [1.807, 2.05) is 0 Å². The minimum Gasteiger partial charge on any atom is -0.388 e. The number of hydrogen-bond acceptors (Lipinski definition) is 1. The van der Waals surface area contributed by atoms with E-state index < -0.39 is 6.10 Å². The maximum Gasteiger partial charge on any atom is 0.0819 e. The van der Waals surface area contributed by atoms with E-state index in [4.69, 9.17) is 23.2 Å². The van der Waals surface area contributed by atoms with Crippen LogP contribution in [0.25, 0.3) is 0 Å². The molecule has 0 saturated heterocycles. The summed E-state index contributed by atoms with van der Waals surface area (Å²) < 4.78 is 0. The zero-order valence-electron chi connectivity index (χ0n) is 12.4. The molecule has 0 amide bonds. The van der Waals surface area contributed by atoms with Crippen molar-refractivity contribution in [2.75, 3.05) is 0 Å². The van der Waals surface area contributed by atoms with Crippen LogP contribution in [0.3, 0.4) is 0 Å². The van der Waals surface area contributed by atoms with Gasteiger partial charge in [0.25, 0.3) is 0 Å². The van der Waals surface area contributed by atoms with Crippen molar-refractivity contribution in [3.8, 4) is 0 Å². The Balaban J connectivity index is 2.19. The van der Waals surface area contributed by atoms with Crippen LogP contribution in [0.5, 0.6) is 0 Å². The van der Waals surface area contributed by atoms with Gasteiger partial charge in [0.15, 0.2) is 0 Å². The largest absolute Gasteiger partial charge is 0.388 e. The van der Waals surface area contributed by atoms with Crippen molar-refractivity contribution in [1.82, 2.24) is 0 Å². The van der Waals surface area contributed by atoms with E-state index in [2.05, 4.69) is 6.92 Å². The van der Waals surface area contributed by atoms with Crippen molar-refractivity contribution < 1.29 is 5.11 Å². The normalized spacial score (nSPS) is 12.6. The average molecular weight is 317 g/mol. The molecule has 0 fully saturated rings. The lowest BCUT2D eigenvalue weighted by Crippen LogP contribution is -1.99. The minimum absolute atomic E-state index is 0.545. The van der Waals surface area contributed by atoms with Crippen LogP contribution in [0.4, 0.5) is 0 Å². The van der Waals surface area contributed by atoms with E-state index in [1.165, 1.54) is 44.9 Å². The molecule has 0 aliphatic rings. The molecule has 0 aliphatic heterocycles. The predicted molar refractivity (Wildman–Crippen MR) is 88.6 cm³/mol. The highest BCUT2D eigenvalue weighted by Gasteiger charge is 2.14. The van der Waals surface area contributed by atoms with Crippen molar-refractivity contribution in [1.29, 1.82) is 0 Å². The van der Waals surface area contributed by atoms with Crippen LogP contribution in [0.1, 0.15) is 76.4 Å². The molecule has 1 aromatic carbocycles. The molecule has 0 aromatic heterocycles. The van der Waals surface area contributed by atoms with Crippen LogP contribution >= 0.6 is 23.2 Å². The maximum atomic E-state index is 10.2. The number of aliphatic hydroxyl groups is 1. The lowest BCUT2D eigenvalue weighted by atomic mass is 10.0. The predicted octanol–water partition coefficient (Wildman–Crippen LogP) is 6.56. The van der Waals surface area contributed by atoms with E-state index in [1.54, 1.807) is 18.2 Å². The maximum absolute atomic E-state index is 10.2. The zero-order valence-corrected chi connectivity index (χ0v) is 13.9. The second-order valence-corrected chi connectivity index (χ2v) is 6.23. The van der Waals surface area contributed by atoms with Crippen molar-refractivity contribution >= 4 is 23.2 Å². The summed E-state index contributed by atoms with van der Waals surface area (Å²) in [6, 6.07) is 5.36. The van der Waals surface area contributed by atoms with Crippen LogP contribution in [-0.4, -0.2) is 5.11 Å². The van der Waals surface area contributed by atoms with E-state index in [0.29, 0.717) is 15.6 Å². The van der Waals surface area contributed by atoms with Gasteiger partial charge in [0.05, 0.1) is 6.10 Å². The Morgan fingerprint density at radius 3 is 1.95 bits per heavy atom. The summed E-state index contributed by atoms with van der Waals surface area (Å²) in [6.45, 7) is 2.24. The topological polar surface area (TPSA) is 20.2 Å². The van der Waals surface area contributed by atoms with Gasteiger partial charge in [-0.3, -0.25) is 0 Å². The van der Waals surface area contributed by atoms with Gasteiger partial charge in [-0.25, -0.2) is 0 Å². The van der Waals surface area contributed by atoms with Gasteiger partial charge in [-0.05, 0) is 18.6 Å². The first-order valence-corrected chi connectivity index (χ1v) is 8.54. The van der Waals surface area contributed by atoms with Crippen molar-refractivity contribution in [3.05, 3.63) is 33.8 Å². The fourth-order valence-corrected chi connectivity index (χ4v) is 3.09. The first-order valence-electron chi connectivity index (χ1n) is 7.78. The van der Waals surface area contributed by atoms with Crippen LogP contribution in [0, 0.1) is 0 Å². The summed E-state index contributed by atoms with van der Waals surface area (Å²) in [7, 11) is 0. The molecule has 1 atom stereocenters. The summed E-state index contributed by atoms with van der Waals surface area (Å²) in [5, 5.41) is 11.3. The van der Waals surface area contributed by atoms with Gasteiger partial charge >= 0.3 is 0 Å². The van der Waals surface area contributed by atoms with E-state index in [0.717, 1.165) is 12.8 Å². The van der Waals surface area contributed by atoms with Gasteiger partial charge in [-0.15, -0.1) is 0 Å². The average Bonchev–Trinajstić information content (AvgIpc) is 2.41. The molecule has 1 rings (SSSR count). The minimum atomic E-state index is -0.545. The smallest absolute Gasteiger partial charge is 0.0819 e. The SMILES string of the molecule is CCCCCCCCCCC(O)c1c(Cl)cccc1Cl. The quantitative estimate of drug-likeness (QED) is 0.485. The summed E-state index contributed by atoms with van der Waals surface area (Å²) >= 11 is 12.2. The van der Waals surface area contributed by atoms with Crippen LogP contribution in [0.2, 0.25) is 10.0 Å². The first kappa shape index (κ1) is 17.8. The highest BCUT2D eigenvalue weighted by molar-refractivity contribution is 6.36. The fourth-order valence-electron chi connectivity index (χ4n) is 2.44. The summed E-state index contributed by atoms with van der Waals surface area (Å²) in [4.78, 5) is 0. The number of halogens is 2. The molecule has 0 aliphatic carbocycles. The lowest BCUT2D eigenvalue weighted by Gasteiger charge is -2.14. The number of unbranched alkanes of at least 4 members (excludes halogenated alkanes) is 7. The van der Waals surface area contributed by atoms with Crippen LogP contribution in [-0.2, 0) is 0 Å². The number of hydrogen-bond donors (Lipinski definition) is 1. The lowest BCUT2D eigenvalue weighted by molar-refractivity contribution is 0.163. The molecule has 20 heavy (non-hydrogen) atoms. The van der Waals surface area contributed by atoms with Crippen LogP contribution in [0.15, 0.2) is 18.2 Å². The molecule has 114 valence electrons. The zero-order chi connectivity index (χ0) is 14.8. The van der Waals surface area contributed by atoms with Gasteiger partial charge in [-0.2, -0.15) is 0 Å². The summed E-state index contributed by atoms with van der Waals surface area (Å²) in [5.41, 5.74) is 0.679. The fraction of sp³-hybridized carbons (Fsp3) is 0.647. The Hall–Kier alpha value is -0.240. The van der Waals surface area contributed by atoms with Gasteiger partial charge in [0, 0.05) is 15.6 Å². The standard InChI is InChI=1S/C17H26Cl2O/c1-2-3-4-5-6-7-8-9-13-16(20)17-14(18)11-10-12-15(17)19/h10-12,16,20H,2-9,13H2,1H3. The number of benzene rings is 1. The highest BCUT2D eigenvalue weighted by atomic mass is 35.5. The highest BCUT2D eigenvalue weighted by Crippen LogP contribution is 2.32. The van der Waals surface area contributed by atoms with Gasteiger partial charge in [0.2, 0.25) is 0 Å². The molecule has 0 radical (unpaired) electrons. The van der Waals surface area contributed by atoms with Crippen molar-refractivity contribution in [2.24, 2.45) is 0 Å². The summed E-state index contributed by atoms with van der Waals surface area (Å²) in [6.07, 6.45) is 10.3. The molecule has 0 bridgehead atoms. The number of aliphatic hydroxyl groups excluding tert-OH is 1. The Labute approximate surface area is 133 Å². The Morgan fingerprint density at radius 1 is 0.900 bits per heavy atom. The van der Waals surface area contributed by atoms with Gasteiger partial charge < -0.3 is 5.11 Å². The van der Waals surface area contributed by atoms with Crippen molar-refractivity contribution in [2.45, 2.75) is 70.8 Å². The second kappa shape index (κ2) is 10.5.